The summed E-state index contributed by atoms with van der Waals surface area (Å²) in [5.41, 5.74) is 1.33. The Kier molecular flexibility index (Phi) is 3.89. The average Bonchev–Trinajstić information content (AvgIpc) is 2.18. The van der Waals surface area contributed by atoms with Gasteiger partial charge in [0.1, 0.15) is 11.9 Å². The third kappa shape index (κ3) is 3.90. The first-order valence-electron chi connectivity index (χ1n) is 5.38. The summed E-state index contributed by atoms with van der Waals surface area (Å²) in [6.07, 6.45) is 0.235. The quantitative estimate of drug-likeness (QED) is 0.801. The first kappa shape index (κ1) is 13.2. The Bertz CT molecular complexity index is 433. The van der Waals surface area contributed by atoms with Crippen molar-refractivity contribution in [3.05, 3.63) is 29.3 Å². The van der Waals surface area contributed by atoms with E-state index in [2.05, 4.69) is 5.32 Å². The number of rotatable bonds is 2. The predicted octanol–water partition coefficient (Wildman–Crippen LogP) is 3.15. The molecule has 1 aromatic rings. The molecule has 0 radical (unpaired) electrons. The maximum atomic E-state index is 11.6. The molecule has 1 N–H and O–H groups in total. The van der Waals surface area contributed by atoms with Crippen LogP contribution in [-0.4, -0.2) is 18.0 Å². The monoisotopic (exact) mass is 235 g/mol. The first-order chi connectivity index (χ1) is 7.83. The van der Waals surface area contributed by atoms with Crippen molar-refractivity contribution in [1.29, 1.82) is 0 Å². The molecule has 1 amide bonds. The van der Waals surface area contributed by atoms with Gasteiger partial charge in [-0.15, -0.1) is 0 Å². The molecule has 1 aromatic carbocycles. The molecule has 0 unspecified atom stereocenters. The maximum absolute atomic E-state index is 11.6. The van der Waals surface area contributed by atoms with Crippen molar-refractivity contribution in [2.75, 3.05) is 5.32 Å². The van der Waals surface area contributed by atoms with Crippen molar-refractivity contribution in [3.8, 4) is 0 Å². The number of aldehydes is 1. The normalized spacial score (nSPS) is 10.8. The fourth-order valence-electron chi connectivity index (χ4n) is 1.33. The van der Waals surface area contributed by atoms with Gasteiger partial charge in [0.2, 0.25) is 0 Å². The largest absolute Gasteiger partial charge is 0.444 e. The van der Waals surface area contributed by atoms with Crippen molar-refractivity contribution in [2.24, 2.45) is 0 Å². The van der Waals surface area contributed by atoms with E-state index < -0.39 is 11.7 Å². The molecule has 0 spiro atoms. The van der Waals surface area contributed by atoms with Crippen LogP contribution in [0.15, 0.2) is 18.2 Å². The lowest BCUT2D eigenvalue weighted by molar-refractivity contribution is 0.0635. The van der Waals surface area contributed by atoms with E-state index in [4.69, 9.17) is 4.74 Å². The van der Waals surface area contributed by atoms with Crippen LogP contribution in [0.2, 0.25) is 0 Å². The average molecular weight is 235 g/mol. The van der Waals surface area contributed by atoms with Gasteiger partial charge in [0.05, 0.1) is 0 Å². The van der Waals surface area contributed by atoms with Crippen LogP contribution in [0.3, 0.4) is 0 Å². The van der Waals surface area contributed by atoms with Crippen LogP contribution in [0.25, 0.3) is 0 Å². The van der Waals surface area contributed by atoms with E-state index in [-0.39, 0.29) is 0 Å². The molecule has 0 aliphatic heterocycles. The fourth-order valence-corrected chi connectivity index (χ4v) is 1.33. The van der Waals surface area contributed by atoms with Crippen LogP contribution in [0, 0.1) is 6.92 Å². The summed E-state index contributed by atoms with van der Waals surface area (Å²) in [6, 6.07) is 5.14. The minimum Gasteiger partial charge on any atom is -0.444 e. The smallest absolute Gasteiger partial charge is 0.412 e. The van der Waals surface area contributed by atoms with Crippen molar-refractivity contribution in [1.82, 2.24) is 0 Å². The Hall–Kier alpha value is -1.84. The lowest BCUT2D eigenvalue weighted by Gasteiger charge is -2.20. The second-order valence-corrected chi connectivity index (χ2v) is 4.76. The third-order valence-corrected chi connectivity index (χ3v) is 2.14. The Morgan fingerprint density at radius 3 is 2.53 bits per heavy atom. The fraction of sp³-hybridized carbons (Fsp3) is 0.385. The molecule has 0 saturated heterocycles. The molecule has 0 bridgehead atoms. The Labute approximate surface area is 101 Å². The van der Waals surface area contributed by atoms with Crippen molar-refractivity contribution >= 4 is 18.1 Å². The molecule has 0 heterocycles. The molecular formula is C13H17NO3. The van der Waals surface area contributed by atoms with Crippen molar-refractivity contribution in [2.45, 2.75) is 33.3 Å². The maximum Gasteiger partial charge on any atom is 0.412 e. The van der Waals surface area contributed by atoms with Gasteiger partial charge in [0.25, 0.3) is 0 Å². The van der Waals surface area contributed by atoms with Gasteiger partial charge in [-0.1, -0.05) is 12.1 Å². The summed E-state index contributed by atoms with van der Waals surface area (Å²) >= 11 is 0. The van der Waals surface area contributed by atoms with Gasteiger partial charge >= 0.3 is 6.09 Å². The number of nitrogens with one attached hydrogen (secondary N) is 1. The summed E-state index contributed by atoms with van der Waals surface area (Å²) < 4.78 is 5.13. The molecule has 4 nitrogen and oxygen atoms in total. The van der Waals surface area contributed by atoms with Crippen LogP contribution < -0.4 is 5.32 Å². The number of ether oxygens (including phenoxy) is 1. The highest BCUT2D eigenvalue weighted by molar-refractivity contribution is 5.89. The summed E-state index contributed by atoms with van der Waals surface area (Å²) in [7, 11) is 0. The topological polar surface area (TPSA) is 55.4 Å². The lowest BCUT2D eigenvalue weighted by atomic mass is 10.1. The highest BCUT2D eigenvalue weighted by Gasteiger charge is 2.17. The number of hydrogen-bond acceptors (Lipinski definition) is 3. The number of benzene rings is 1. The van der Waals surface area contributed by atoms with Crippen molar-refractivity contribution < 1.29 is 14.3 Å². The minimum atomic E-state index is -0.541. The molecule has 0 fully saturated rings. The van der Waals surface area contributed by atoms with Crippen LogP contribution in [-0.2, 0) is 4.74 Å². The van der Waals surface area contributed by atoms with Crippen LogP contribution in [0.4, 0.5) is 10.5 Å². The van der Waals surface area contributed by atoms with Gasteiger partial charge in [-0.05, 0) is 39.3 Å². The van der Waals surface area contributed by atoms with Crippen LogP contribution in [0.1, 0.15) is 36.7 Å². The van der Waals surface area contributed by atoms with Gasteiger partial charge in [-0.2, -0.15) is 0 Å². The van der Waals surface area contributed by atoms with Gasteiger partial charge < -0.3 is 4.74 Å². The Morgan fingerprint density at radius 1 is 1.35 bits per heavy atom. The molecule has 0 atom stereocenters. The molecule has 0 aliphatic rings. The van der Waals surface area contributed by atoms with E-state index in [0.29, 0.717) is 11.3 Å². The molecule has 0 aliphatic carbocycles. The van der Waals surface area contributed by atoms with E-state index >= 15 is 0 Å². The van der Waals surface area contributed by atoms with E-state index in [1.165, 1.54) is 0 Å². The van der Waals surface area contributed by atoms with Crippen LogP contribution in [0.5, 0.6) is 0 Å². The molecule has 17 heavy (non-hydrogen) atoms. The number of hydrogen-bond donors (Lipinski definition) is 1. The predicted molar refractivity (Wildman–Crippen MR) is 66.4 cm³/mol. The molecular weight excluding hydrogens is 218 g/mol. The molecule has 1 rings (SSSR count). The van der Waals surface area contributed by atoms with E-state index in [9.17, 15) is 9.59 Å². The Morgan fingerprint density at radius 2 is 2.00 bits per heavy atom. The van der Waals surface area contributed by atoms with E-state index in [1.807, 2.05) is 0 Å². The molecule has 0 saturated carbocycles. The summed E-state index contributed by atoms with van der Waals surface area (Å²) in [5, 5.41) is 2.62. The number of anilines is 1. The van der Waals surface area contributed by atoms with Gasteiger partial charge in [0, 0.05) is 11.3 Å². The molecule has 0 aromatic heterocycles. The van der Waals surface area contributed by atoms with Crippen LogP contribution >= 0.6 is 0 Å². The zero-order valence-electron chi connectivity index (χ0n) is 10.5. The van der Waals surface area contributed by atoms with Gasteiger partial charge in [0.15, 0.2) is 0 Å². The van der Waals surface area contributed by atoms with E-state index in [1.54, 1.807) is 45.9 Å². The second kappa shape index (κ2) is 4.99. The second-order valence-electron chi connectivity index (χ2n) is 4.76. The summed E-state index contributed by atoms with van der Waals surface area (Å²) in [4.78, 5) is 22.3. The Balaban J connectivity index is 2.82. The molecule has 92 valence electrons. The summed E-state index contributed by atoms with van der Waals surface area (Å²) in [5.74, 6) is 0. The highest BCUT2D eigenvalue weighted by atomic mass is 16.6. The number of amides is 1. The zero-order chi connectivity index (χ0) is 13.1. The van der Waals surface area contributed by atoms with Gasteiger partial charge in [-0.25, -0.2) is 4.79 Å². The minimum absolute atomic E-state index is 0.524. The van der Waals surface area contributed by atoms with Gasteiger partial charge in [-0.3, -0.25) is 10.1 Å². The van der Waals surface area contributed by atoms with E-state index in [0.717, 1.165) is 11.8 Å². The van der Waals surface area contributed by atoms with Crippen molar-refractivity contribution in [3.63, 3.8) is 0 Å². The number of carbonyl (C=O) groups is 2. The summed E-state index contributed by atoms with van der Waals surface area (Å²) in [6.45, 7) is 7.15. The zero-order valence-corrected chi connectivity index (χ0v) is 10.5. The standard InChI is InChI=1S/C13H17NO3/c1-9-10(8-15)6-5-7-11(9)14-12(16)17-13(2,3)4/h5-8H,1-4H3,(H,14,16). The SMILES string of the molecule is Cc1c(C=O)cccc1NC(=O)OC(C)(C)C. The molecule has 4 heteroatoms. The third-order valence-electron chi connectivity index (χ3n) is 2.14. The number of carbonyl (C=O) groups excluding carboxylic acids is 2. The lowest BCUT2D eigenvalue weighted by Crippen LogP contribution is -2.27. The highest BCUT2D eigenvalue weighted by Crippen LogP contribution is 2.18. The first-order valence-corrected chi connectivity index (χ1v) is 5.38.